The van der Waals surface area contributed by atoms with Crippen molar-refractivity contribution in [2.45, 2.75) is 19.4 Å². The molecule has 4 heterocycles. The molecule has 0 bridgehead atoms. The van der Waals surface area contributed by atoms with Crippen molar-refractivity contribution in [2.24, 2.45) is 4.99 Å². The highest BCUT2D eigenvalue weighted by Crippen LogP contribution is 2.23. The largest absolute Gasteiger partial charge is 0.285 e. The first-order chi connectivity index (χ1) is 13.7. The van der Waals surface area contributed by atoms with Crippen molar-refractivity contribution < 1.29 is 0 Å². The predicted molar refractivity (Wildman–Crippen MR) is 111 cm³/mol. The zero-order valence-corrected chi connectivity index (χ0v) is 15.4. The van der Waals surface area contributed by atoms with Crippen LogP contribution < -0.4 is 0 Å². The first-order valence-electron chi connectivity index (χ1n) is 9.17. The van der Waals surface area contributed by atoms with E-state index in [2.05, 4.69) is 63.1 Å². The monoisotopic (exact) mass is 366 g/mol. The van der Waals surface area contributed by atoms with Gasteiger partial charge in [0, 0.05) is 29.8 Å². The van der Waals surface area contributed by atoms with Crippen LogP contribution in [0.2, 0.25) is 0 Å². The lowest BCUT2D eigenvalue weighted by atomic mass is 10.0. The van der Waals surface area contributed by atoms with Gasteiger partial charge in [-0.05, 0) is 54.5 Å². The summed E-state index contributed by atoms with van der Waals surface area (Å²) in [6.07, 6.45) is 8.33. The normalized spacial score (nSPS) is 16.0. The van der Waals surface area contributed by atoms with Crippen LogP contribution in [0.15, 0.2) is 60.2 Å². The van der Waals surface area contributed by atoms with Gasteiger partial charge in [-0.15, -0.1) is 10.2 Å². The molecule has 0 saturated heterocycles. The van der Waals surface area contributed by atoms with Crippen molar-refractivity contribution in [1.29, 1.82) is 0 Å². The minimum atomic E-state index is 0.228. The van der Waals surface area contributed by atoms with Crippen molar-refractivity contribution in [1.82, 2.24) is 24.8 Å². The Balaban J connectivity index is 1.52. The number of aromatic nitrogens is 5. The molecule has 1 atom stereocenters. The SMILES string of the molecule is C=Cc1ccc2nnc(Cc3ccc4ncc(C5=CC(C)N=C5)cc4c3)n2n1. The standard InChI is InChI=1S/C22H18N6/c1-3-19-5-7-21-25-26-22(28(21)27-19)10-15-4-6-20-16(9-15)11-18(13-24-20)17-8-14(2)23-12-17/h3-9,11-14H,1,10H2,2H3. The second-order valence-corrected chi connectivity index (χ2v) is 6.92. The fourth-order valence-corrected chi connectivity index (χ4v) is 3.41. The van der Waals surface area contributed by atoms with Crippen LogP contribution in [0.3, 0.4) is 0 Å². The number of hydrogen-bond donors (Lipinski definition) is 0. The summed E-state index contributed by atoms with van der Waals surface area (Å²) in [6.45, 7) is 5.85. The maximum absolute atomic E-state index is 4.60. The molecule has 1 unspecified atom stereocenters. The molecule has 0 fully saturated rings. The number of nitrogens with zero attached hydrogens (tertiary/aromatic N) is 6. The Morgan fingerprint density at radius 2 is 2.07 bits per heavy atom. The smallest absolute Gasteiger partial charge is 0.177 e. The highest BCUT2D eigenvalue weighted by Gasteiger charge is 2.11. The molecule has 1 aromatic carbocycles. The molecule has 3 aromatic heterocycles. The molecular formula is C22H18N6. The third-order valence-electron chi connectivity index (χ3n) is 4.87. The van der Waals surface area contributed by atoms with Gasteiger partial charge in [0.25, 0.3) is 0 Å². The molecule has 5 rings (SSSR count). The number of pyridine rings is 1. The molecular weight excluding hydrogens is 348 g/mol. The fourth-order valence-electron chi connectivity index (χ4n) is 3.41. The van der Waals surface area contributed by atoms with Gasteiger partial charge in [-0.25, -0.2) is 0 Å². The van der Waals surface area contributed by atoms with E-state index in [1.54, 1.807) is 10.6 Å². The van der Waals surface area contributed by atoms with Crippen LogP contribution in [0, 0.1) is 0 Å². The Morgan fingerprint density at radius 1 is 1.14 bits per heavy atom. The molecule has 0 aliphatic carbocycles. The van der Waals surface area contributed by atoms with Crippen LogP contribution in [-0.4, -0.2) is 37.1 Å². The van der Waals surface area contributed by atoms with Gasteiger partial charge in [-0.1, -0.05) is 18.7 Å². The highest BCUT2D eigenvalue weighted by atomic mass is 15.4. The summed E-state index contributed by atoms with van der Waals surface area (Å²) >= 11 is 0. The van der Waals surface area contributed by atoms with Gasteiger partial charge < -0.3 is 0 Å². The number of aliphatic imine (C=N–C) groups is 1. The van der Waals surface area contributed by atoms with Crippen molar-refractivity contribution in [2.75, 3.05) is 0 Å². The minimum Gasteiger partial charge on any atom is -0.285 e. The van der Waals surface area contributed by atoms with Gasteiger partial charge in [0.15, 0.2) is 11.5 Å². The summed E-state index contributed by atoms with van der Waals surface area (Å²) < 4.78 is 1.77. The number of allylic oxidation sites excluding steroid dienone is 1. The molecule has 0 N–H and O–H groups in total. The zero-order chi connectivity index (χ0) is 19.1. The summed E-state index contributed by atoms with van der Waals surface area (Å²) in [5.41, 5.74) is 5.83. The van der Waals surface area contributed by atoms with E-state index in [0.717, 1.165) is 44.8 Å². The van der Waals surface area contributed by atoms with Crippen LogP contribution >= 0.6 is 0 Å². The Kier molecular flexibility index (Phi) is 3.83. The van der Waals surface area contributed by atoms with Crippen LogP contribution in [-0.2, 0) is 6.42 Å². The molecule has 136 valence electrons. The van der Waals surface area contributed by atoms with E-state index < -0.39 is 0 Å². The quantitative estimate of drug-likeness (QED) is 0.551. The highest BCUT2D eigenvalue weighted by molar-refractivity contribution is 6.12. The van der Waals surface area contributed by atoms with Gasteiger partial charge >= 0.3 is 0 Å². The van der Waals surface area contributed by atoms with E-state index in [0.29, 0.717) is 6.42 Å². The molecule has 0 spiro atoms. The molecule has 4 aromatic rings. The average molecular weight is 366 g/mol. The van der Waals surface area contributed by atoms with Crippen LogP contribution in [0.1, 0.15) is 29.6 Å². The molecule has 0 amide bonds. The van der Waals surface area contributed by atoms with E-state index in [9.17, 15) is 0 Å². The Hall–Kier alpha value is -3.67. The molecule has 6 heteroatoms. The third-order valence-corrected chi connectivity index (χ3v) is 4.87. The van der Waals surface area contributed by atoms with Crippen LogP contribution in [0.25, 0.3) is 28.2 Å². The maximum atomic E-state index is 4.60. The molecule has 1 aliphatic rings. The summed E-state index contributed by atoms with van der Waals surface area (Å²) in [5.74, 6) is 0.793. The Morgan fingerprint density at radius 3 is 2.89 bits per heavy atom. The van der Waals surface area contributed by atoms with Crippen molar-refractivity contribution in [3.8, 4) is 0 Å². The van der Waals surface area contributed by atoms with E-state index >= 15 is 0 Å². The number of hydrogen-bond acceptors (Lipinski definition) is 5. The first kappa shape index (κ1) is 16.5. The van der Waals surface area contributed by atoms with Crippen molar-refractivity contribution in [3.05, 3.63) is 77.9 Å². The van der Waals surface area contributed by atoms with Crippen molar-refractivity contribution >= 4 is 34.4 Å². The summed E-state index contributed by atoms with van der Waals surface area (Å²) in [7, 11) is 0. The lowest BCUT2D eigenvalue weighted by Crippen LogP contribution is -2.01. The fraction of sp³-hybridized carbons (Fsp3) is 0.136. The Labute approximate surface area is 162 Å². The third kappa shape index (κ3) is 2.89. The van der Waals surface area contributed by atoms with E-state index in [1.165, 1.54) is 0 Å². The van der Waals surface area contributed by atoms with Gasteiger partial charge in [-0.2, -0.15) is 9.61 Å². The van der Waals surface area contributed by atoms with Crippen molar-refractivity contribution in [3.63, 3.8) is 0 Å². The second-order valence-electron chi connectivity index (χ2n) is 6.92. The zero-order valence-electron chi connectivity index (χ0n) is 15.4. The molecule has 6 nitrogen and oxygen atoms in total. The second kappa shape index (κ2) is 6.49. The number of rotatable bonds is 4. The first-order valence-corrected chi connectivity index (χ1v) is 9.17. The lowest BCUT2D eigenvalue weighted by molar-refractivity contribution is 0.833. The molecule has 1 aliphatic heterocycles. The number of fused-ring (bicyclic) bond motifs is 2. The molecule has 0 radical (unpaired) electrons. The lowest BCUT2D eigenvalue weighted by Gasteiger charge is -2.05. The van der Waals surface area contributed by atoms with Crippen LogP contribution in [0.4, 0.5) is 0 Å². The number of benzene rings is 1. The maximum Gasteiger partial charge on any atom is 0.177 e. The van der Waals surface area contributed by atoms with Gasteiger partial charge in [0.1, 0.15) is 0 Å². The minimum absolute atomic E-state index is 0.228. The van der Waals surface area contributed by atoms with Gasteiger partial charge in [-0.3, -0.25) is 9.98 Å². The summed E-state index contributed by atoms with van der Waals surface area (Å²) in [4.78, 5) is 9.01. The predicted octanol–water partition coefficient (Wildman–Crippen LogP) is 3.76. The molecule has 28 heavy (non-hydrogen) atoms. The average Bonchev–Trinajstić information content (AvgIpc) is 3.33. The molecule has 0 saturated carbocycles. The van der Waals surface area contributed by atoms with E-state index in [4.69, 9.17) is 0 Å². The summed E-state index contributed by atoms with van der Waals surface area (Å²) in [6, 6.07) is 12.4. The van der Waals surface area contributed by atoms with Gasteiger partial charge in [0.05, 0.1) is 17.3 Å². The van der Waals surface area contributed by atoms with E-state index in [-0.39, 0.29) is 6.04 Å². The topological polar surface area (TPSA) is 68.3 Å². The Bertz CT molecular complexity index is 1280. The summed E-state index contributed by atoms with van der Waals surface area (Å²) in [5, 5.41) is 14.1. The van der Waals surface area contributed by atoms with E-state index in [1.807, 2.05) is 30.6 Å². The van der Waals surface area contributed by atoms with Gasteiger partial charge in [0.2, 0.25) is 0 Å². The van der Waals surface area contributed by atoms with Crippen LogP contribution in [0.5, 0.6) is 0 Å².